The lowest BCUT2D eigenvalue weighted by atomic mass is 10.1. The second-order valence-corrected chi connectivity index (χ2v) is 7.12. The van der Waals surface area contributed by atoms with E-state index >= 15 is 0 Å². The first-order valence-electron chi connectivity index (χ1n) is 9.42. The molecule has 2 aromatic carbocycles. The predicted molar refractivity (Wildman–Crippen MR) is 119 cm³/mol. The molecule has 1 aliphatic heterocycles. The second-order valence-electron chi connectivity index (χ2n) is 6.69. The van der Waals surface area contributed by atoms with Gasteiger partial charge in [-0.3, -0.25) is 24.9 Å². The first kappa shape index (κ1) is 20.4. The Bertz CT molecular complexity index is 1130. The fraction of sp³-hybridized carbons (Fsp3) is 0.0909. The van der Waals surface area contributed by atoms with Crippen LogP contribution in [0.5, 0.6) is 0 Å². The van der Waals surface area contributed by atoms with Crippen LogP contribution < -0.4 is 15.5 Å². The number of halogens is 1. The maximum absolute atomic E-state index is 12.8. The lowest BCUT2D eigenvalue weighted by Crippen LogP contribution is -2.23. The summed E-state index contributed by atoms with van der Waals surface area (Å²) in [6.45, 7) is 1.09. The number of rotatable bonds is 5. The number of carbonyl (C=O) groups excluding carboxylic acids is 2. The van der Waals surface area contributed by atoms with E-state index in [1.807, 2.05) is 0 Å². The number of amides is 2. The summed E-state index contributed by atoms with van der Waals surface area (Å²) in [7, 11) is 0. The van der Waals surface area contributed by atoms with Crippen molar-refractivity contribution in [2.24, 2.45) is 0 Å². The number of anilines is 3. The topological polar surface area (TPSA) is 107 Å². The number of ether oxygens (including phenoxy) is 1. The summed E-state index contributed by atoms with van der Waals surface area (Å²) in [5.41, 5.74) is 2.36. The smallest absolute Gasteiger partial charge is 0.289 e. The largest absolute Gasteiger partial charge is 0.463 e. The molecule has 3 N–H and O–H groups in total. The third kappa shape index (κ3) is 4.65. The van der Waals surface area contributed by atoms with Gasteiger partial charge in [0.25, 0.3) is 17.8 Å². The number of nitrogens with one attached hydrogen (secondary N) is 3. The lowest BCUT2D eigenvalue weighted by Gasteiger charge is -2.15. The molecule has 0 spiro atoms. The van der Waals surface area contributed by atoms with Crippen LogP contribution in [0.25, 0.3) is 0 Å². The van der Waals surface area contributed by atoms with Crippen LogP contribution >= 0.6 is 11.6 Å². The van der Waals surface area contributed by atoms with Gasteiger partial charge in [0.1, 0.15) is 6.61 Å². The first-order valence-corrected chi connectivity index (χ1v) is 9.80. The molecule has 4 rings (SSSR count). The summed E-state index contributed by atoms with van der Waals surface area (Å²) in [5.74, 6) is -0.767. The molecular weight excluding hydrogens is 418 g/mol. The van der Waals surface area contributed by atoms with E-state index in [2.05, 4.69) is 15.6 Å². The molecule has 1 aliphatic rings. The van der Waals surface area contributed by atoms with Crippen LogP contribution in [0.4, 0.5) is 17.1 Å². The average molecular weight is 436 g/mol. The Morgan fingerprint density at radius 2 is 1.74 bits per heavy atom. The Morgan fingerprint density at radius 3 is 2.42 bits per heavy atom. The Hall–Kier alpha value is -3.91. The summed E-state index contributed by atoms with van der Waals surface area (Å²) in [6, 6.07) is 15.2. The Labute approximate surface area is 183 Å². The van der Waals surface area contributed by atoms with Gasteiger partial charge >= 0.3 is 0 Å². The number of hydrogen-bond donors (Lipinski definition) is 3. The molecule has 0 aliphatic carbocycles. The fourth-order valence-corrected chi connectivity index (χ4v) is 3.20. The quantitative estimate of drug-likeness (QED) is 0.561. The highest BCUT2D eigenvalue weighted by atomic mass is 35.5. The summed E-state index contributed by atoms with van der Waals surface area (Å²) in [6.07, 6.45) is 2.90. The maximum Gasteiger partial charge on any atom is 0.289 e. The van der Waals surface area contributed by atoms with E-state index in [9.17, 15) is 9.59 Å². The van der Waals surface area contributed by atoms with Crippen molar-refractivity contribution in [1.82, 2.24) is 4.98 Å². The van der Waals surface area contributed by atoms with Gasteiger partial charge in [-0.15, -0.1) is 0 Å². The van der Waals surface area contributed by atoms with Crippen molar-refractivity contribution in [3.63, 3.8) is 0 Å². The van der Waals surface area contributed by atoms with Crippen molar-refractivity contribution < 1.29 is 14.3 Å². The zero-order valence-corrected chi connectivity index (χ0v) is 17.0. The molecule has 2 amide bonds. The minimum atomic E-state index is -0.390. The Balaban J connectivity index is 1.47. The normalized spacial score (nSPS) is 12.9. The number of pyridine rings is 1. The van der Waals surface area contributed by atoms with E-state index in [-0.39, 0.29) is 23.4 Å². The van der Waals surface area contributed by atoms with Crippen LogP contribution in [-0.2, 0) is 4.74 Å². The Morgan fingerprint density at radius 1 is 1.00 bits per heavy atom. The maximum atomic E-state index is 12.8. The number of amidine groups is 1. The standard InChI is InChI=1S/C22H18ClN5O3/c23-15-3-1-14(2-4-15)20(29)27-19-13-25-10-9-18(19)21(30)26-16-5-7-17(8-6-16)28-11-12-31-22(28)24/h1-10,13,24H,11-12H2,(H,26,30)(H,27,29). The SMILES string of the molecule is N=C1OCCN1c1ccc(NC(=O)c2ccncc2NC(=O)c2ccc(Cl)cc2)cc1. The van der Waals surface area contributed by atoms with Gasteiger partial charge in [-0.25, -0.2) is 0 Å². The van der Waals surface area contributed by atoms with Gasteiger partial charge in [0.2, 0.25) is 0 Å². The third-order valence-corrected chi connectivity index (χ3v) is 4.91. The van der Waals surface area contributed by atoms with Crippen LogP contribution in [0.1, 0.15) is 20.7 Å². The molecule has 31 heavy (non-hydrogen) atoms. The summed E-state index contributed by atoms with van der Waals surface area (Å²) in [4.78, 5) is 31.1. The molecule has 0 unspecified atom stereocenters. The van der Waals surface area contributed by atoms with E-state index in [1.165, 1.54) is 18.5 Å². The minimum Gasteiger partial charge on any atom is -0.463 e. The number of aromatic nitrogens is 1. The Kier molecular flexibility index (Phi) is 5.81. The average Bonchev–Trinajstić information content (AvgIpc) is 3.21. The van der Waals surface area contributed by atoms with Crippen molar-refractivity contribution in [1.29, 1.82) is 5.41 Å². The number of hydrogen-bond acceptors (Lipinski definition) is 5. The van der Waals surface area contributed by atoms with Crippen LogP contribution in [0.15, 0.2) is 67.0 Å². The third-order valence-electron chi connectivity index (χ3n) is 4.66. The summed E-state index contributed by atoms with van der Waals surface area (Å²) >= 11 is 5.86. The van der Waals surface area contributed by atoms with E-state index in [1.54, 1.807) is 53.4 Å². The summed E-state index contributed by atoms with van der Waals surface area (Å²) < 4.78 is 5.15. The van der Waals surface area contributed by atoms with Gasteiger partial charge < -0.3 is 15.4 Å². The van der Waals surface area contributed by atoms with Crippen molar-refractivity contribution in [2.75, 3.05) is 28.7 Å². The molecule has 0 radical (unpaired) electrons. The van der Waals surface area contributed by atoms with Crippen molar-refractivity contribution in [3.8, 4) is 0 Å². The lowest BCUT2D eigenvalue weighted by molar-refractivity contribution is 0.102. The van der Waals surface area contributed by atoms with Gasteiger partial charge in [0.05, 0.1) is 24.0 Å². The van der Waals surface area contributed by atoms with Gasteiger partial charge in [-0.05, 0) is 54.6 Å². The molecule has 0 bridgehead atoms. The predicted octanol–water partition coefficient (Wildman–Crippen LogP) is 4.01. The molecule has 3 aromatic rings. The monoisotopic (exact) mass is 435 g/mol. The van der Waals surface area contributed by atoms with Gasteiger partial charge in [0, 0.05) is 28.2 Å². The molecule has 1 aromatic heterocycles. The van der Waals surface area contributed by atoms with E-state index in [0.717, 1.165) is 5.69 Å². The molecule has 1 saturated heterocycles. The molecular formula is C22H18ClN5O3. The van der Waals surface area contributed by atoms with Crippen molar-refractivity contribution in [3.05, 3.63) is 83.1 Å². The highest BCUT2D eigenvalue weighted by molar-refractivity contribution is 6.30. The number of benzene rings is 2. The first-order chi connectivity index (χ1) is 15.0. The molecule has 2 heterocycles. The highest BCUT2D eigenvalue weighted by Crippen LogP contribution is 2.22. The summed E-state index contributed by atoms with van der Waals surface area (Å²) in [5, 5.41) is 13.8. The van der Waals surface area contributed by atoms with Crippen molar-refractivity contribution in [2.45, 2.75) is 0 Å². The molecule has 156 valence electrons. The molecule has 1 fully saturated rings. The molecule has 8 nitrogen and oxygen atoms in total. The highest BCUT2D eigenvalue weighted by Gasteiger charge is 2.20. The van der Waals surface area contributed by atoms with E-state index in [4.69, 9.17) is 21.7 Å². The number of nitrogens with zero attached hydrogens (tertiary/aromatic N) is 2. The zero-order chi connectivity index (χ0) is 21.8. The second kappa shape index (κ2) is 8.85. The fourth-order valence-electron chi connectivity index (χ4n) is 3.07. The molecule has 0 atom stereocenters. The van der Waals surface area contributed by atoms with Crippen LogP contribution in [-0.4, -0.2) is 36.0 Å². The zero-order valence-electron chi connectivity index (χ0n) is 16.3. The van der Waals surface area contributed by atoms with Gasteiger partial charge in [-0.2, -0.15) is 0 Å². The molecule has 9 heteroatoms. The van der Waals surface area contributed by atoms with Crippen LogP contribution in [0.3, 0.4) is 0 Å². The van der Waals surface area contributed by atoms with Crippen LogP contribution in [0.2, 0.25) is 5.02 Å². The molecule has 0 saturated carbocycles. The van der Waals surface area contributed by atoms with Gasteiger partial charge in [0.15, 0.2) is 0 Å². The van der Waals surface area contributed by atoms with E-state index < -0.39 is 0 Å². The van der Waals surface area contributed by atoms with E-state index in [0.29, 0.717) is 35.1 Å². The van der Waals surface area contributed by atoms with Gasteiger partial charge in [-0.1, -0.05) is 11.6 Å². The van der Waals surface area contributed by atoms with Crippen molar-refractivity contribution >= 4 is 46.5 Å². The van der Waals surface area contributed by atoms with Crippen LogP contribution in [0, 0.1) is 5.41 Å². The minimum absolute atomic E-state index is 0.106. The number of carbonyl (C=O) groups is 2.